The molecule has 0 radical (unpaired) electrons. The minimum atomic E-state index is -0.438. The first kappa shape index (κ1) is 12.9. The van der Waals surface area contributed by atoms with Gasteiger partial charge in [-0.2, -0.15) is 5.26 Å². The number of esters is 1. The Balaban J connectivity index is 1.74. The number of carbonyl (C=O) groups excluding carboxylic acids is 1. The van der Waals surface area contributed by atoms with Crippen molar-refractivity contribution in [2.75, 3.05) is 6.61 Å². The standard InChI is InChI=1S/C15H21NO3/c1-4-14(2,3)13(17)19-11-9-5-10-12(11)18-8-15(10,6-9)7-16/h9-12H,4-6,8H2,1-3H3. The van der Waals surface area contributed by atoms with Gasteiger partial charge in [-0.3, -0.25) is 4.79 Å². The summed E-state index contributed by atoms with van der Waals surface area (Å²) in [4.78, 5) is 12.2. The number of carbonyl (C=O) groups is 1. The van der Waals surface area contributed by atoms with Gasteiger partial charge in [0.25, 0.3) is 0 Å². The summed E-state index contributed by atoms with van der Waals surface area (Å²) in [5, 5.41) is 9.36. The molecular formula is C15H21NO3. The van der Waals surface area contributed by atoms with Crippen molar-refractivity contribution in [1.82, 2.24) is 0 Å². The van der Waals surface area contributed by atoms with Gasteiger partial charge < -0.3 is 9.47 Å². The van der Waals surface area contributed by atoms with Crippen LogP contribution >= 0.6 is 0 Å². The molecule has 2 bridgehead atoms. The van der Waals surface area contributed by atoms with E-state index in [1.807, 2.05) is 20.8 Å². The lowest BCUT2D eigenvalue weighted by Gasteiger charge is -2.32. The largest absolute Gasteiger partial charge is 0.459 e. The minimum absolute atomic E-state index is 0.0463. The monoisotopic (exact) mass is 263 g/mol. The predicted octanol–water partition coefficient (Wildman–Crippen LogP) is 2.28. The topological polar surface area (TPSA) is 59.3 Å². The molecule has 104 valence electrons. The summed E-state index contributed by atoms with van der Waals surface area (Å²) >= 11 is 0. The third kappa shape index (κ3) is 1.64. The van der Waals surface area contributed by atoms with Crippen molar-refractivity contribution in [3.8, 4) is 6.07 Å². The van der Waals surface area contributed by atoms with Gasteiger partial charge in [-0.25, -0.2) is 0 Å². The quantitative estimate of drug-likeness (QED) is 0.733. The average molecular weight is 263 g/mol. The van der Waals surface area contributed by atoms with Crippen LogP contribution in [0.4, 0.5) is 0 Å². The summed E-state index contributed by atoms with van der Waals surface area (Å²) in [5.74, 6) is 0.449. The third-order valence-corrected chi connectivity index (χ3v) is 5.51. The highest BCUT2D eigenvalue weighted by Crippen LogP contribution is 2.61. The molecule has 19 heavy (non-hydrogen) atoms. The number of rotatable bonds is 3. The van der Waals surface area contributed by atoms with Gasteiger partial charge in [0.1, 0.15) is 6.10 Å². The fourth-order valence-corrected chi connectivity index (χ4v) is 3.82. The van der Waals surface area contributed by atoms with Gasteiger partial charge >= 0.3 is 5.97 Å². The van der Waals surface area contributed by atoms with E-state index in [0.29, 0.717) is 12.5 Å². The lowest BCUT2D eigenvalue weighted by atomic mass is 9.75. The lowest BCUT2D eigenvalue weighted by Crippen LogP contribution is -2.41. The van der Waals surface area contributed by atoms with Gasteiger partial charge in [0, 0.05) is 11.8 Å². The molecule has 0 spiro atoms. The van der Waals surface area contributed by atoms with Gasteiger partial charge in [-0.15, -0.1) is 0 Å². The maximum Gasteiger partial charge on any atom is 0.311 e. The van der Waals surface area contributed by atoms with Crippen molar-refractivity contribution in [1.29, 1.82) is 5.26 Å². The highest BCUT2D eigenvalue weighted by atomic mass is 16.6. The van der Waals surface area contributed by atoms with E-state index in [1.54, 1.807) is 0 Å². The van der Waals surface area contributed by atoms with Crippen LogP contribution in [0.3, 0.4) is 0 Å². The number of nitrogens with zero attached hydrogens (tertiary/aromatic N) is 1. The van der Waals surface area contributed by atoms with E-state index in [0.717, 1.165) is 19.3 Å². The molecule has 0 aromatic heterocycles. The van der Waals surface area contributed by atoms with E-state index in [2.05, 4.69) is 6.07 Å². The molecule has 5 unspecified atom stereocenters. The summed E-state index contributed by atoms with van der Waals surface area (Å²) in [6.07, 6.45) is 2.39. The van der Waals surface area contributed by atoms with Crippen LogP contribution in [0.25, 0.3) is 0 Å². The number of hydrogen-bond acceptors (Lipinski definition) is 4. The molecule has 1 aliphatic heterocycles. The van der Waals surface area contributed by atoms with Crippen LogP contribution in [0, 0.1) is 34.0 Å². The summed E-state index contributed by atoms with van der Waals surface area (Å²) in [5.41, 5.74) is -0.731. The molecule has 3 aliphatic rings. The van der Waals surface area contributed by atoms with E-state index < -0.39 is 5.41 Å². The maximum absolute atomic E-state index is 12.2. The first-order valence-electron chi connectivity index (χ1n) is 7.17. The fraction of sp³-hybridized carbons (Fsp3) is 0.867. The first-order valence-corrected chi connectivity index (χ1v) is 7.17. The Morgan fingerprint density at radius 3 is 2.95 bits per heavy atom. The molecule has 0 aromatic carbocycles. The molecule has 5 atom stereocenters. The van der Waals surface area contributed by atoms with Crippen molar-refractivity contribution >= 4 is 5.97 Å². The highest BCUT2D eigenvalue weighted by Gasteiger charge is 2.67. The molecule has 3 fully saturated rings. The summed E-state index contributed by atoms with van der Waals surface area (Å²) in [7, 11) is 0. The number of hydrogen-bond donors (Lipinski definition) is 0. The van der Waals surface area contributed by atoms with Crippen LogP contribution < -0.4 is 0 Å². The van der Waals surface area contributed by atoms with Crippen molar-refractivity contribution < 1.29 is 14.3 Å². The second kappa shape index (κ2) is 3.96. The Labute approximate surface area is 114 Å². The zero-order valence-corrected chi connectivity index (χ0v) is 11.8. The fourth-order valence-electron chi connectivity index (χ4n) is 3.82. The number of nitriles is 1. The molecule has 0 N–H and O–H groups in total. The molecule has 0 aromatic rings. The first-order chi connectivity index (χ1) is 8.93. The number of ether oxygens (including phenoxy) is 2. The molecule has 1 heterocycles. The molecule has 4 nitrogen and oxygen atoms in total. The SMILES string of the molecule is CCC(C)(C)C(=O)OC1C2CC3C1OCC3(C#N)C2. The Morgan fingerprint density at radius 1 is 1.58 bits per heavy atom. The van der Waals surface area contributed by atoms with Crippen LogP contribution in [0.5, 0.6) is 0 Å². The smallest absolute Gasteiger partial charge is 0.311 e. The highest BCUT2D eigenvalue weighted by molar-refractivity contribution is 5.76. The Kier molecular flexibility index (Phi) is 2.69. The lowest BCUT2D eigenvalue weighted by molar-refractivity contribution is -0.168. The maximum atomic E-state index is 12.2. The van der Waals surface area contributed by atoms with Crippen LogP contribution in [-0.4, -0.2) is 24.8 Å². The van der Waals surface area contributed by atoms with Gasteiger partial charge in [0.2, 0.25) is 0 Å². The normalized spacial score (nSPS) is 43.3. The molecule has 2 saturated carbocycles. The summed E-state index contributed by atoms with van der Waals surface area (Å²) in [6.45, 7) is 6.34. The molecule has 3 rings (SSSR count). The third-order valence-electron chi connectivity index (χ3n) is 5.51. The van der Waals surface area contributed by atoms with Crippen molar-refractivity contribution in [3.63, 3.8) is 0 Å². The molecule has 0 amide bonds. The van der Waals surface area contributed by atoms with E-state index in [1.165, 1.54) is 0 Å². The average Bonchev–Trinajstić information content (AvgIpc) is 2.98. The minimum Gasteiger partial charge on any atom is -0.459 e. The van der Waals surface area contributed by atoms with Crippen molar-refractivity contribution in [2.24, 2.45) is 22.7 Å². The van der Waals surface area contributed by atoms with Crippen LogP contribution in [0.15, 0.2) is 0 Å². The summed E-state index contributed by atoms with van der Waals surface area (Å²) in [6, 6.07) is 2.45. The second-order valence-electron chi connectivity index (χ2n) is 6.96. The zero-order chi connectivity index (χ0) is 13.8. The molecule has 2 aliphatic carbocycles. The zero-order valence-electron chi connectivity index (χ0n) is 11.8. The van der Waals surface area contributed by atoms with E-state index >= 15 is 0 Å². The van der Waals surface area contributed by atoms with Crippen LogP contribution in [0.1, 0.15) is 40.0 Å². The second-order valence-corrected chi connectivity index (χ2v) is 6.96. The Hall–Kier alpha value is -1.08. The van der Waals surface area contributed by atoms with Crippen molar-refractivity contribution in [3.05, 3.63) is 0 Å². The van der Waals surface area contributed by atoms with E-state index in [4.69, 9.17) is 9.47 Å². The number of fused-ring (bicyclic) bond motifs is 1. The van der Waals surface area contributed by atoms with Crippen LogP contribution in [-0.2, 0) is 14.3 Å². The summed E-state index contributed by atoms with van der Waals surface area (Å²) < 4.78 is 11.5. The molecule has 1 saturated heterocycles. The van der Waals surface area contributed by atoms with E-state index in [9.17, 15) is 10.1 Å². The van der Waals surface area contributed by atoms with Gasteiger partial charge in [0.15, 0.2) is 0 Å². The molecule has 4 heteroatoms. The van der Waals surface area contributed by atoms with Gasteiger partial charge in [-0.1, -0.05) is 6.92 Å². The Bertz CT molecular complexity index is 453. The Morgan fingerprint density at radius 2 is 2.32 bits per heavy atom. The molecular weight excluding hydrogens is 242 g/mol. The van der Waals surface area contributed by atoms with Crippen molar-refractivity contribution in [2.45, 2.75) is 52.2 Å². The van der Waals surface area contributed by atoms with Gasteiger partial charge in [-0.05, 0) is 33.1 Å². The van der Waals surface area contributed by atoms with E-state index in [-0.39, 0.29) is 29.5 Å². The van der Waals surface area contributed by atoms with Crippen LogP contribution in [0.2, 0.25) is 0 Å². The van der Waals surface area contributed by atoms with Gasteiger partial charge in [0.05, 0.1) is 29.6 Å². The predicted molar refractivity (Wildman–Crippen MR) is 68.0 cm³/mol.